The Morgan fingerprint density at radius 2 is 1.81 bits per heavy atom. The zero-order chi connectivity index (χ0) is 11.7. The van der Waals surface area contributed by atoms with Crippen LogP contribution in [0.1, 0.15) is 12.8 Å². The fourth-order valence-corrected chi connectivity index (χ4v) is 3.68. The minimum absolute atomic E-state index is 0.417. The van der Waals surface area contributed by atoms with Crippen molar-refractivity contribution >= 4 is 59.4 Å². The summed E-state index contributed by atoms with van der Waals surface area (Å²) in [7, 11) is 0. The number of nitrogens with zero attached hydrogens (tertiary/aromatic N) is 1. The van der Waals surface area contributed by atoms with Gasteiger partial charge in [-0.1, -0.05) is 15.9 Å². The average molecular weight is 412 g/mol. The molecule has 0 bridgehead atoms. The van der Waals surface area contributed by atoms with E-state index in [2.05, 4.69) is 58.1 Å². The van der Waals surface area contributed by atoms with E-state index in [1.807, 2.05) is 12.1 Å². The molecule has 1 aromatic carbocycles. The minimum Gasteiger partial charge on any atom is -0.370 e. The SMILES string of the molecule is NC(=NC1CC1)Nc1c(Br)cc(Br)cc1Br. The van der Waals surface area contributed by atoms with Crippen LogP contribution in [0.5, 0.6) is 0 Å². The molecule has 86 valence electrons. The van der Waals surface area contributed by atoms with Gasteiger partial charge >= 0.3 is 0 Å². The second-order valence-electron chi connectivity index (χ2n) is 3.61. The van der Waals surface area contributed by atoms with Gasteiger partial charge in [0, 0.05) is 13.4 Å². The molecule has 1 saturated carbocycles. The van der Waals surface area contributed by atoms with E-state index in [1.165, 1.54) is 0 Å². The third kappa shape index (κ3) is 3.21. The first-order valence-corrected chi connectivity index (χ1v) is 7.19. The van der Waals surface area contributed by atoms with Crippen LogP contribution in [-0.2, 0) is 0 Å². The summed E-state index contributed by atoms with van der Waals surface area (Å²) < 4.78 is 2.86. The van der Waals surface area contributed by atoms with Gasteiger partial charge in [0.15, 0.2) is 5.96 Å². The van der Waals surface area contributed by atoms with E-state index in [-0.39, 0.29) is 0 Å². The molecule has 0 spiro atoms. The minimum atomic E-state index is 0.417. The molecule has 0 saturated heterocycles. The monoisotopic (exact) mass is 409 g/mol. The predicted molar refractivity (Wildman–Crippen MR) is 77.8 cm³/mol. The van der Waals surface area contributed by atoms with Gasteiger partial charge in [-0.3, -0.25) is 0 Å². The van der Waals surface area contributed by atoms with E-state index in [0.717, 1.165) is 31.9 Å². The van der Waals surface area contributed by atoms with E-state index in [9.17, 15) is 0 Å². The molecular formula is C10H10Br3N3. The number of nitrogens with two attached hydrogens (primary N) is 1. The lowest BCUT2D eigenvalue weighted by atomic mass is 10.3. The Balaban J connectivity index is 2.20. The molecule has 3 N–H and O–H groups in total. The van der Waals surface area contributed by atoms with Crippen LogP contribution in [0.3, 0.4) is 0 Å². The Bertz CT molecular complexity index is 418. The highest BCUT2D eigenvalue weighted by molar-refractivity contribution is 9.11. The van der Waals surface area contributed by atoms with E-state index >= 15 is 0 Å². The Morgan fingerprint density at radius 1 is 1.25 bits per heavy atom. The summed E-state index contributed by atoms with van der Waals surface area (Å²) in [5.41, 5.74) is 6.70. The Morgan fingerprint density at radius 3 is 2.31 bits per heavy atom. The Kier molecular flexibility index (Phi) is 3.92. The molecule has 1 aliphatic carbocycles. The fourth-order valence-electron chi connectivity index (χ4n) is 1.22. The zero-order valence-corrected chi connectivity index (χ0v) is 13.1. The van der Waals surface area contributed by atoms with Gasteiger partial charge in [-0.15, -0.1) is 0 Å². The zero-order valence-electron chi connectivity index (χ0n) is 8.30. The number of anilines is 1. The van der Waals surface area contributed by atoms with Crippen LogP contribution < -0.4 is 11.1 Å². The van der Waals surface area contributed by atoms with Crippen LogP contribution >= 0.6 is 47.8 Å². The molecule has 6 heteroatoms. The van der Waals surface area contributed by atoms with Gasteiger partial charge < -0.3 is 11.1 Å². The number of rotatable bonds is 2. The summed E-state index contributed by atoms with van der Waals surface area (Å²) in [5, 5.41) is 3.09. The second-order valence-corrected chi connectivity index (χ2v) is 6.24. The van der Waals surface area contributed by atoms with Crippen molar-refractivity contribution in [2.45, 2.75) is 18.9 Å². The molecule has 0 unspecified atom stereocenters. The normalized spacial score (nSPS) is 16.3. The second kappa shape index (κ2) is 5.06. The van der Waals surface area contributed by atoms with Gasteiger partial charge in [-0.05, 0) is 56.8 Å². The van der Waals surface area contributed by atoms with Crippen molar-refractivity contribution in [2.24, 2.45) is 10.7 Å². The van der Waals surface area contributed by atoms with E-state index in [1.54, 1.807) is 0 Å². The molecule has 3 nitrogen and oxygen atoms in total. The smallest absolute Gasteiger partial charge is 0.193 e. The summed E-state index contributed by atoms with van der Waals surface area (Å²) in [6.45, 7) is 0. The van der Waals surface area contributed by atoms with E-state index < -0.39 is 0 Å². The topological polar surface area (TPSA) is 50.4 Å². The fraction of sp³-hybridized carbons (Fsp3) is 0.300. The highest BCUT2D eigenvalue weighted by Crippen LogP contribution is 2.34. The molecule has 16 heavy (non-hydrogen) atoms. The Labute approximate surface area is 119 Å². The molecule has 0 radical (unpaired) electrons. The van der Waals surface area contributed by atoms with Crippen LogP contribution in [0.15, 0.2) is 30.5 Å². The van der Waals surface area contributed by atoms with Gasteiger partial charge in [0.2, 0.25) is 0 Å². The maximum absolute atomic E-state index is 5.81. The molecule has 0 amide bonds. The summed E-state index contributed by atoms with van der Waals surface area (Å²) >= 11 is 10.4. The maximum Gasteiger partial charge on any atom is 0.193 e. The van der Waals surface area contributed by atoms with Crippen LogP contribution in [0, 0.1) is 0 Å². The molecule has 1 fully saturated rings. The molecule has 1 aromatic rings. The number of benzene rings is 1. The van der Waals surface area contributed by atoms with Gasteiger partial charge in [-0.2, -0.15) is 0 Å². The largest absolute Gasteiger partial charge is 0.370 e. The summed E-state index contributed by atoms with van der Waals surface area (Å²) in [6.07, 6.45) is 2.29. The predicted octanol–water partition coefficient (Wildman–Crippen LogP) is 3.86. The number of nitrogens with one attached hydrogen (secondary N) is 1. The van der Waals surface area contributed by atoms with Gasteiger partial charge in [0.1, 0.15) is 0 Å². The molecule has 0 atom stereocenters. The van der Waals surface area contributed by atoms with Crippen LogP contribution in [0.25, 0.3) is 0 Å². The van der Waals surface area contributed by atoms with Crippen molar-refractivity contribution < 1.29 is 0 Å². The Hall–Kier alpha value is -0.0700. The van der Waals surface area contributed by atoms with Crippen molar-refractivity contribution in [1.82, 2.24) is 0 Å². The number of hydrogen-bond acceptors (Lipinski definition) is 1. The van der Waals surface area contributed by atoms with E-state index in [0.29, 0.717) is 12.0 Å². The molecular weight excluding hydrogens is 402 g/mol. The molecule has 0 aromatic heterocycles. The van der Waals surface area contributed by atoms with Crippen LogP contribution in [0.2, 0.25) is 0 Å². The quantitative estimate of drug-likeness (QED) is 0.573. The molecule has 2 rings (SSSR count). The lowest BCUT2D eigenvalue weighted by Gasteiger charge is -2.10. The van der Waals surface area contributed by atoms with Gasteiger partial charge in [0.25, 0.3) is 0 Å². The highest BCUT2D eigenvalue weighted by atomic mass is 79.9. The number of aliphatic imine (C=N–C) groups is 1. The molecule has 1 aliphatic rings. The highest BCUT2D eigenvalue weighted by Gasteiger charge is 2.20. The standard InChI is InChI=1S/C10H10Br3N3/c11-5-3-7(12)9(8(13)4-5)16-10(14)15-6-1-2-6/h3-4,6H,1-2H2,(H3,14,15,16). The third-order valence-corrected chi connectivity index (χ3v) is 3.84. The summed E-state index contributed by atoms with van der Waals surface area (Å²) in [6, 6.07) is 4.33. The van der Waals surface area contributed by atoms with Crippen molar-refractivity contribution in [3.05, 3.63) is 25.6 Å². The third-order valence-electron chi connectivity index (χ3n) is 2.13. The van der Waals surface area contributed by atoms with Crippen LogP contribution in [-0.4, -0.2) is 12.0 Å². The van der Waals surface area contributed by atoms with Gasteiger partial charge in [0.05, 0.1) is 11.7 Å². The lowest BCUT2D eigenvalue weighted by molar-refractivity contribution is 1.06. The molecule has 0 heterocycles. The lowest BCUT2D eigenvalue weighted by Crippen LogP contribution is -2.23. The van der Waals surface area contributed by atoms with Crippen LogP contribution in [0.4, 0.5) is 5.69 Å². The number of hydrogen-bond donors (Lipinski definition) is 2. The van der Waals surface area contributed by atoms with Crippen molar-refractivity contribution in [2.75, 3.05) is 5.32 Å². The summed E-state index contributed by atoms with van der Waals surface area (Å²) in [5.74, 6) is 0.464. The van der Waals surface area contributed by atoms with Crippen molar-refractivity contribution in [1.29, 1.82) is 0 Å². The first kappa shape index (κ1) is 12.4. The maximum atomic E-state index is 5.81. The van der Waals surface area contributed by atoms with E-state index in [4.69, 9.17) is 5.73 Å². The first-order valence-electron chi connectivity index (χ1n) is 4.81. The van der Waals surface area contributed by atoms with Crippen molar-refractivity contribution in [3.8, 4) is 0 Å². The number of guanidine groups is 1. The van der Waals surface area contributed by atoms with Gasteiger partial charge in [-0.25, -0.2) is 4.99 Å². The summed E-state index contributed by atoms with van der Waals surface area (Å²) in [4.78, 5) is 4.32. The first-order chi connectivity index (χ1) is 7.56. The number of halogens is 3. The average Bonchev–Trinajstić information content (AvgIpc) is 2.95. The molecule has 0 aliphatic heterocycles. The van der Waals surface area contributed by atoms with Crippen molar-refractivity contribution in [3.63, 3.8) is 0 Å².